The summed E-state index contributed by atoms with van der Waals surface area (Å²) in [5.74, 6) is -1.07. The Labute approximate surface area is 80.3 Å². The van der Waals surface area contributed by atoms with Crippen molar-refractivity contribution in [2.24, 2.45) is 0 Å². The molecule has 0 bridgehead atoms. The predicted molar refractivity (Wildman–Crippen MR) is 48.0 cm³/mol. The lowest BCUT2D eigenvalue weighted by Crippen LogP contribution is -2.57. The lowest BCUT2D eigenvalue weighted by atomic mass is 9.98. The summed E-state index contributed by atoms with van der Waals surface area (Å²) >= 11 is 1.53. The molecule has 71 valence electrons. The van der Waals surface area contributed by atoms with Gasteiger partial charge in [0, 0.05) is 4.75 Å². The zero-order chi connectivity index (χ0) is 9.80. The molecule has 4 nitrogen and oxygen atoms in total. The van der Waals surface area contributed by atoms with Crippen LogP contribution in [0.3, 0.4) is 0 Å². The summed E-state index contributed by atoms with van der Waals surface area (Å²) in [6, 6.07) is -0.681. The van der Waals surface area contributed by atoms with Crippen molar-refractivity contribution in [3.63, 3.8) is 0 Å². The third-order valence-electron chi connectivity index (χ3n) is 2.41. The minimum absolute atomic E-state index is 0.0244. The molecule has 2 unspecified atom stereocenters. The van der Waals surface area contributed by atoms with E-state index in [4.69, 9.17) is 5.11 Å². The summed E-state index contributed by atoms with van der Waals surface area (Å²) in [5.41, 5.74) is 0. The molecule has 0 saturated carbocycles. The van der Waals surface area contributed by atoms with E-state index < -0.39 is 12.0 Å². The van der Waals surface area contributed by atoms with Crippen LogP contribution in [-0.4, -0.2) is 38.0 Å². The van der Waals surface area contributed by atoms with E-state index in [2.05, 4.69) is 0 Å². The summed E-state index contributed by atoms with van der Waals surface area (Å²) < 4.78 is -0.390. The van der Waals surface area contributed by atoms with Gasteiger partial charge in [-0.2, -0.15) is 0 Å². The van der Waals surface area contributed by atoms with Gasteiger partial charge in [0.15, 0.2) is 0 Å². The van der Waals surface area contributed by atoms with Crippen molar-refractivity contribution in [3.8, 4) is 0 Å². The molecule has 2 saturated heterocycles. The number of carbonyl (C=O) groups excluding carboxylic acids is 1. The van der Waals surface area contributed by atoms with Gasteiger partial charge in [-0.15, -0.1) is 11.8 Å². The van der Waals surface area contributed by atoms with Crippen molar-refractivity contribution in [2.45, 2.75) is 30.0 Å². The first kappa shape index (κ1) is 8.87. The van der Waals surface area contributed by atoms with Gasteiger partial charge < -0.3 is 10.0 Å². The maximum absolute atomic E-state index is 11.1. The molecule has 5 heteroatoms. The minimum atomic E-state index is -0.915. The van der Waals surface area contributed by atoms with E-state index in [0.29, 0.717) is 0 Å². The monoisotopic (exact) mass is 200 g/mol. The molecule has 0 aromatic rings. The minimum Gasteiger partial charge on any atom is -0.480 e. The molecule has 0 aromatic carbocycles. The van der Waals surface area contributed by atoms with E-state index in [1.54, 1.807) is 6.42 Å². The topological polar surface area (TPSA) is 57.6 Å². The van der Waals surface area contributed by atoms with E-state index in [0.717, 1.165) is 0 Å². The number of carbonyl (C=O) groups is 2. The number of carboxylic acids is 1. The Kier molecular flexibility index (Phi) is 1.64. The molecular formula is C8H10NO3S. The number of hydrogen-bond acceptors (Lipinski definition) is 3. The van der Waals surface area contributed by atoms with Crippen molar-refractivity contribution >= 4 is 23.6 Å². The Morgan fingerprint density at radius 3 is 2.69 bits per heavy atom. The number of carboxylic acid groups (broad SMARTS) is 1. The van der Waals surface area contributed by atoms with Crippen LogP contribution in [0.1, 0.15) is 13.8 Å². The highest BCUT2D eigenvalue weighted by molar-refractivity contribution is 8.01. The van der Waals surface area contributed by atoms with Gasteiger partial charge >= 0.3 is 5.97 Å². The molecule has 1 N–H and O–H groups in total. The van der Waals surface area contributed by atoms with Gasteiger partial charge in [-0.25, -0.2) is 4.79 Å². The zero-order valence-corrected chi connectivity index (χ0v) is 8.17. The van der Waals surface area contributed by atoms with Crippen molar-refractivity contribution in [1.82, 2.24) is 4.90 Å². The second kappa shape index (κ2) is 2.41. The average Bonchev–Trinajstić information content (AvgIpc) is 2.18. The molecule has 1 radical (unpaired) electrons. The lowest BCUT2D eigenvalue weighted by molar-refractivity contribution is -0.153. The number of nitrogens with zero attached hydrogens (tertiary/aromatic N) is 1. The number of fused-ring (bicyclic) bond motifs is 1. The molecule has 2 heterocycles. The first-order valence-corrected chi connectivity index (χ1v) is 4.89. The van der Waals surface area contributed by atoms with Crippen molar-refractivity contribution in [2.75, 3.05) is 0 Å². The predicted octanol–water partition coefficient (Wildman–Crippen LogP) is 0.338. The highest BCUT2D eigenvalue weighted by Gasteiger charge is 2.58. The Morgan fingerprint density at radius 1 is 1.69 bits per heavy atom. The average molecular weight is 200 g/mol. The van der Waals surface area contributed by atoms with Gasteiger partial charge in [0.2, 0.25) is 5.91 Å². The summed E-state index contributed by atoms with van der Waals surface area (Å²) in [7, 11) is 0. The van der Waals surface area contributed by atoms with Crippen LogP contribution in [0.25, 0.3) is 0 Å². The number of aliphatic carboxylic acids is 1. The molecule has 2 aliphatic heterocycles. The fourth-order valence-electron chi connectivity index (χ4n) is 1.82. The Hall–Kier alpha value is -0.710. The number of hydrogen-bond donors (Lipinski definition) is 1. The maximum atomic E-state index is 11.1. The second-order valence-corrected chi connectivity index (χ2v) is 5.54. The molecule has 2 rings (SSSR count). The number of amides is 1. The van der Waals surface area contributed by atoms with Crippen molar-refractivity contribution in [1.29, 1.82) is 0 Å². The van der Waals surface area contributed by atoms with E-state index in [1.807, 2.05) is 13.8 Å². The highest BCUT2D eigenvalue weighted by atomic mass is 32.2. The SMILES string of the molecule is CC1(C)SC2[CH]C(=O)N2C1C(=O)O. The van der Waals surface area contributed by atoms with E-state index in [-0.39, 0.29) is 16.0 Å². The van der Waals surface area contributed by atoms with Gasteiger partial charge in [0.1, 0.15) is 6.04 Å². The van der Waals surface area contributed by atoms with Gasteiger partial charge in [0.05, 0.1) is 11.8 Å². The molecule has 2 fully saturated rings. The molecule has 1 amide bonds. The largest absolute Gasteiger partial charge is 0.480 e. The van der Waals surface area contributed by atoms with E-state index >= 15 is 0 Å². The summed E-state index contributed by atoms with van der Waals surface area (Å²) in [4.78, 5) is 23.5. The van der Waals surface area contributed by atoms with Crippen LogP contribution >= 0.6 is 11.8 Å². The Bertz CT molecular complexity index is 289. The number of rotatable bonds is 1. The van der Waals surface area contributed by atoms with Gasteiger partial charge in [-0.3, -0.25) is 4.79 Å². The summed E-state index contributed by atoms with van der Waals surface area (Å²) in [6.45, 7) is 3.71. The van der Waals surface area contributed by atoms with Crippen LogP contribution in [0.15, 0.2) is 0 Å². The highest BCUT2D eigenvalue weighted by Crippen LogP contribution is 2.50. The Morgan fingerprint density at radius 2 is 2.31 bits per heavy atom. The zero-order valence-electron chi connectivity index (χ0n) is 7.35. The molecular weight excluding hydrogens is 190 g/mol. The first-order valence-electron chi connectivity index (χ1n) is 4.01. The molecule has 2 aliphatic rings. The van der Waals surface area contributed by atoms with Gasteiger partial charge in [-0.05, 0) is 13.8 Å². The fourth-order valence-corrected chi connectivity index (χ4v) is 3.31. The molecule has 0 aliphatic carbocycles. The van der Waals surface area contributed by atoms with E-state index in [9.17, 15) is 9.59 Å². The van der Waals surface area contributed by atoms with Crippen LogP contribution in [-0.2, 0) is 9.59 Å². The maximum Gasteiger partial charge on any atom is 0.327 e. The van der Waals surface area contributed by atoms with Gasteiger partial charge in [-0.1, -0.05) is 0 Å². The standard InChI is InChI=1S/C8H10NO3S/c1-8(2)6(7(11)12)9-4(10)3-5(9)13-8/h3,5-6H,1-2H3,(H,11,12). The van der Waals surface area contributed by atoms with Crippen LogP contribution in [0.2, 0.25) is 0 Å². The molecule has 2 atom stereocenters. The molecule has 0 aromatic heterocycles. The number of thioether (sulfide) groups is 1. The third kappa shape index (κ3) is 1.06. The smallest absolute Gasteiger partial charge is 0.327 e. The molecule has 0 spiro atoms. The normalized spacial score (nSPS) is 35.5. The quantitative estimate of drug-likeness (QED) is 0.620. The lowest BCUT2D eigenvalue weighted by Gasteiger charge is -2.36. The Balaban J connectivity index is 2.30. The van der Waals surface area contributed by atoms with Crippen molar-refractivity contribution < 1.29 is 14.7 Å². The second-order valence-electron chi connectivity index (χ2n) is 3.76. The van der Waals surface area contributed by atoms with Gasteiger partial charge in [0.25, 0.3) is 0 Å². The van der Waals surface area contributed by atoms with Crippen LogP contribution < -0.4 is 0 Å². The summed E-state index contributed by atoms with van der Waals surface area (Å²) in [6.07, 6.45) is 1.56. The van der Waals surface area contributed by atoms with Crippen LogP contribution in [0.5, 0.6) is 0 Å². The fraction of sp³-hybridized carbons (Fsp3) is 0.625. The molecule has 13 heavy (non-hydrogen) atoms. The van der Waals surface area contributed by atoms with Crippen LogP contribution in [0, 0.1) is 6.42 Å². The van der Waals surface area contributed by atoms with Crippen molar-refractivity contribution in [3.05, 3.63) is 6.42 Å². The van der Waals surface area contributed by atoms with Crippen LogP contribution in [0.4, 0.5) is 0 Å². The third-order valence-corrected chi connectivity index (χ3v) is 3.84. The summed E-state index contributed by atoms with van der Waals surface area (Å²) in [5, 5.41) is 8.94. The van der Waals surface area contributed by atoms with E-state index in [1.165, 1.54) is 16.7 Å². The first-order chi connectivity index (χ1) is 5.93. The number of β-lactam (4-membered cyclic amide) rings is 1.